The van der Waals surface area contributed by atoms with Gasteiger partial charge in [0, 0.05) is 18.0 Å². The van der Waals surface area contributed by atoms with Gasteiger partial charge in [-0.3, -0.25) is 10.1 Å². The molecule has 0 radical (unpaired) electrons. The van der Waals surface area contributed by atoms with Gasteiger partial charge in [-0.1, -0.05) is 17.7 Å². The maximum atomic E-state index is 10.7. The zero-order valence-corrected chi connectivity index (χ0v) is 10.7. The van der Waals surface area contributed by atoms with Crippen molar-refractivity contribution in [1.29, 1.82) is 0 Å². The number of benzene rings is 1. The Bertz CT molecular complexity index is 565. The third kappa shape index (κ3) is 3.18. The number of hydrogen-bond acceptors (Lipinski definition) is 5. The van der Waals surface area contributed by atoms with Crippen molar-refractivity contribution >= 4 is 29.1 Å². The molecule has 92 valence electrons. The second-order valence-electron chi connectivity index (χ2n) is 3.38. The number of aromatic nitrogens is 2. The van der Waals surface area contributed by atoms with E-state index in [0.717, 1.165) is 10.6 Å². The third-order valence-corrected chi connectivity index (χ3v) is 3.48. The van der Waals surface area contributed by atoms with Crippen LogP contribution in [-0.2, 0) is 5.75 Å². The van der Waals surface area contributed by atoms with E-state index < -0.39 is 4.92 Å². The molecule has 0 aliphatic rings. The average molecular weight is 282 g/mol. The number of halogens is 1. The van der Waals surface area contributed by atoms with Gasteiger partial charge in [-0.15, -0.1) is 11.8 Å². The van der Waals surface area contributed by atoms with Crippen LogP contribution in [0.2, 0.25) is 5.02 Å². The van der Waals surface area contributed by atoms with Crippen LogP contribution in [0.15, 0.2) is 41.8 Å². The monoisotopic (exact) mass is 281 g/mol. The average Bonchev–Trinajstić information content (AvgIpc) is 2.38. The molecular formula is C11H8ClN3O2S. The fourth-order valence-electron chi connectivity index (χ4n) is 1.31. The molecule has 0 aliphatic heterocycles. The normalized spacial score (nSPS) is 10.3. The lowest BCUT2D eigenvalue weighted by atomic mass is 10.2. The summed E-state index contributed by atoms with van der Waals surface area (Å²) in [5.41, 5.74) is 0.757. The van der Waals surface area contributed by atoms with Crippen LogP contribution >= 0.6 is 23.4 Å². The molecule has 1 aromatic heterocycles. The Morgan fingerprint density at radius 1 is 1.39 bits per heavy atom. The van der Waals surface area contributed by atoms with Gasteiger partial charge in [0.2, 0.25) is 0 Å². The fraction of sp³-hybridized carbons (Fsp3) is 0.0909. The molecule has 0 fully saturated rings. The quantitative estimate of drug-likeness (QED) is 0.372. The molecule has 18 heavy (non-hydrogen) atoms. The first-order valence-corrected chi connectivity index (χ1v) is 6.35. The predicted molar refractivity (Wildman–Crippen MR) is 69.7 cm³/mol. The first-order valence-electron chi connectivity index (χ1n) is 4.98. The van der Waals surface area contributed by atoms with Gasteiger partial charge in [0.15, 0.2) is 0 Å². The maximum Gasteiger partial charge on any atom is 0.288 e. The highest BCUT2D eigenvalue weighted by atomic mass is 35.5. The van der Waals surface area contributed by atoms with E-state index in [4.69, 9.17) is 11.6 Å². The van der Waals surface area contributed by atoms with Crippen molar-refractivity contribution in [2.24, 2.45) is 0 Å². The van der Waals surface area contributed by atoms with Crippen molar-refractivity contribution in [3.63, 3.8) is 0 Å². The van der Waals surface area contributed by atoms with Gasteiger partial charge < -0.3 is 0 Å². The van der Waals surface area contributed by atoms with Crippen LogP contribution in [-0.4, -0.2) is 14.9 Å². The number of rotatable bonds is 4. The molecule has 0 saturated carbocycles. The molecule has 0 atom stereocenters. The number of thioether (sulfide) groups is 1. The highest BCUT2D eigenvalue weighted by molar-refractivity contribution is 7.98. The van der Waals surface area contributed by atoms with Crippen molar-refractivity contribution in [1.82, 2.24) is 9.97 Å². The topological polar surface area (TPSA) is 68.9 Å². The zero-order chi connectivity index (χ0) is 13.0. The molecule has 2 rings (SSSR count). The Balaban J connectivity index is 2.11. The largest absolute Gasteiger partial charge is 0.288 e. The van der Waals surface area contributed by atoms with Crippen LogP contribution < -0.4 is 0 Å². The highest BCUT2D eigenvalue weighted by Crippen LogP contribution is 2.28. The third-order valence-electron chi connectivity index (χ3n) is 2.15. The van der Waals surface area contributed by atoms with Crippen LogP contribution in [0.3, 0.4) is 0 Å². The maximum absolute atomic E-state index is 10.7. The molecule has 0 unspecified atom stereocenters. The van der Waals surface area contributed by atoms with Crippen LogP contribution in [0.5, 0.6) is 0 Å². The summed E-state index contributed by atoms with van der Waals surface area (Å²) in [7, 11) is 0. The molecule has 0 aliphatic carbocycles. The Hall–Kier alpha value is -1.66. The van der Waals surface area contributed by atoms with E-state index >= 15 is 0 Å². The van der Waals surface area contributed by atoms with Crippen LogP contribution in [0.4, 0.5) is 5.69 Å². The summed E-state index contributed by atoms with van der Waals surface area (Å²) >= 11 is 7.22. The molecule has 2 aromatic rings. The molecule has 0 spiro atoms. The van der Waals surface area contributed by atoms with E-state index in [1.54, 1.807) is 18.3 Å². The summed E-state index contributed by atoms with van der Waals surface area (Å²) in [5, 5.41) is 11.7. The van der Waals surface area contributed by atoms with Crippen LogP contribution in [0, 0.1) is 10.1 Å². The Morgan fingerprint density at radius 3 is 2.89 bits per heavy atom. The molecule has 0 bridgehead atoms. The minimum absolute atomic E-state index is 0.0718. The van der Waals surface area contributed by atoms with E-state index in [-0.39, 0.29) is 10.7 Å². The van der Waals surface area contributed by atoms with E-state index in [0.29, 0.717) is 5.75 Å². The van der Waals surface area contributed by atoms with Crippen molar-refractivity contribution in [3.8, 4) is 0 Å². The lowest BCUT2D eigenvalue weighted by molar-refractivity contribution is -0.384. The fourth-order valence-corrected chi connectivity index (χ4v) is 2.27. The molecule has 0 saturated heterocycles. The summed E-state index contributed by atoms with van der Waals surface area (Å²) in [6.07, 6.45) is 3.12. The minimum Gasteiger partial charge on any atom is -0.258 e. The number of nitro benzene ring substituents is 1. The summed E-state index contributed by atoms with van der Waals surface area (Å²) in [6.45, 7) is 0. The second-order valence-corrected chi connectivity index (χ2v) is 4.78. The van der Waals surface area contributed by atoms with Crippen molar-refractivity contribution in [2.75, 3.05) is 0 Å². The van der Waals surface area contributed by atoms with Crippen LogP contribution in [0.25, 0.3) is 0 Å². The molecule has 0 amide bonds. The standard InChI is InChI=1S/C11H8ClN3O2S/c12-9-2-1-8(5-10(9)15(16)17)6-18-11-3-4-13-7-14-11/h1-5,7H,6H2. The van der Waals surface area contributed by atoms with Gasteiger partial charge in [0.25, 0.3) is 5.69 Å². The molecule has 0 N–H and O–H groups in total. The first kappa shape index (κ1) is 12.8. The first-order chi connectivity index (χ1) is 8.66. The highest BCUT2D eigenvalue weighted by Gasteiger charge is 2.12. The summed E-state index contributed by atoms with van der Waals surface area (Å²) in [6, 6.07) is 6.57. The number of nitrogens with zero attached hydrogens (tertiary/aromatic N) is 3. The Morgan fingerprint density at radius 2 is 2.22 bits per heavy atom. The molecule has 7 heteroatoms. The summed E-state index contributed by atoms with van der Waals surface area (Å²) in [5.74, 6) is 0.592. The van der Waals surface area contributed by atoms with Gasteiger partial charge in [0.1, 0.15) is 11.3 Å². The Kier molecular flexibility index (Phi) is 4.11. The van der Waals surface area contributed by atoms with Crippen molar-refractivity contribution in [3.05, 3.63) is 57.5 Å². The van der Waals surface area contributed by atoms with E-state index in [1.165, 1.54) is 30.2 Å². The van der Waals surface area contributed by atoms with Crippen molar-refractivity contribution in [2.45, 2.75) is 10.8 Å². The molecule has 1 aromatic carbocycles. The van der Waals surface area contributed by atoms with Gasteiger partial charge >= 0.3 is 0 Å². The lowest BCUT2D eigenvalue weighted by Gasteiger charge is -2.02. The van der Waals surface area contributed by atoms with E-state index in [9.17, 15) is 10.1 Å². The molecule has 1 heterocycles. The number of nitro groups is 1. The molecular weight excluding hydrogens is 274 g/mol. The van der Waals surface area contributed by atoms with Crippen LogP contribution in [0.1, 0.15) is 5.56 Å². The van der Waals surface area contributed by atoms with Crippen molar-refractivity contribution < 1.29 is 4.92 Å². The number of hydrogen-bond donors (Lipinski definition) is 0. The van der Waals surface area contributed by atoms with Gasteiger partial charge in [0.05, 0.1) is 9.95 Å². The van der Waals surface area contributed by atoms with E-state index in [1.807, 2.05) is 0 Å². The molecule has 5 nitrogen and oxygen atoms in total. The SMILES string of the molecule is O=[N+]([O-])c1cc(CSc2ccncn2)ccc1Cl. The van der Waals surface area contributed by atoms with Gasteiger partial charge in [-0.2, -0.15) is 0 Å². The zero-order valence-electron chi connectivity index (χ0n) is 9.12. The van der Waals surface area contributed by atoms with Gasteiger partial charge in [-0.05, 0) is 17.7 Å². The predicted octanol–water partition coefficient (Wildman–Crippen LogP) is 3.33. The second kappa shape index (κ2) is 5.79. The van der Waals surface area contributed by atoms with Gasteiger partial charge in [-0.25, -0.2) is 9.97 Å². The summed E-state index contributed by atoms with van der Waals surface area (Å²) < 4.78 is 0. The Labute approximate surface area is 112 Å². The lowest BCUT2D eigenvalue weighted by Crippen LogP contribution is -1.91. The smallest absolute Gasteiger partial charge is 0.258 e. The minimum atomic E-state index is -0.485. The summed E-state index contributed by atoms with van der Waals surface area (Å²) in [4.78, 5) is 18.1. The van der Waals surface area contributed by atoms with E-state index in [2.05, 4.69) is 9.97 Å².